The summed E-state index contributed by atoms with van der Waals surface area (Å²) in [7, 11) is 3.34. The molecular formula is C17H28N2O3. The summed E-state index contributed by atoms with van der Waals surface area (Å²) in [5.41, 5.74) is 1.51. The zero-order valence-corrected chi connectivity index (χ0v) is 14.4. The van der Waals surface area contributed by atoms with Crippen LogP contribution in [-0.4, -0.2) is 31.9 Å². The van der Waals surface area contributed by atoms with Crippen molar-refractivity contribution in [3.8, 4) is 0 Å². The third-order valence-electron chi connectivity index (χ3n) is 3.70. The molecule has 2 N–H and O–H groups in total. The van der Waals surface area contributed by atoms with Gasteiger partial charge in [-0.2, -0.15) is 0 Å². The average Bonchev–Trinajstić information content (AvgIpc) is 2.45. The third-order valence-corrected chi connectivity index (χ3v) is 3.70. The predicted octanol–water partition coefficient (Wildman–Crippen LogP) is 3.72. The molecule has 5 heteroatoms. The lowest BCUT2D eigenvalue weighted by Gasteiger charge is -2.27. The fourth-order valence-electron chi connectivity index (χ4n) is 2.27. The van der Waals surface area contributed by atoms with Crippen LogP contribution < -0.4 is 10.6 Å². The Hall–Kier alpha value is -1.59. The second-order valence-electron chi connectivity index (χ2n) is 6.17. The maximum atomic E-state index is 12.1. The number of hydrogen-bond acceptors (Lipinski definition) is 3. The van der Waals surface area contributed by atoms with Crippen molar-refractivity contribution in [2.75, 3.05) is 19.5 Å². The van der Waals surface area contributed by atoms with Gasteiger partial charge < -0.3 is 20.1 Å². The number of carbonyl (C=O) groups excluding carboxylic acids is 1. The summed E-state index contributed by atoms with van der Waals surface area (Å²) < 4.78 is 10.7. The summed E-state index contributed by atoms with van der Waals surface area (Å²) in [4.78, 5) is 12.1. The van der Waals surface area contributed by atoms with Crippen molar-refractivity contribution in [2.45, 2.75) is 51.9 Å². The number of hydrogen-bond donors (Lipinski definition) is 2. The highest BCUT2D eigenvalue weighted by molar-refractivity contribution is 5.89. The van der Waals surface area contributed by atoms with Crippen molar-refractivity contribution in [1.29, 1.82) is 0 Å². The predicted molar refractivity (Wildman–Crippen MR) is 89.2 cm³/mol. The first-order chi connectivity index (χ1) is 10.3. The van der Waals surface area contributed by atoms with Gasteiger partial charge in [0.15, 0.2) is 0 Å². The number of ether oxygens (including phenoxy) is 2. The second kappa shape index (κ2) is 8.15. The van der Waals surface area contributed by atoms with Gasteiger partial charge in [-0.15, -0.1) is 0 Å². The molecular weight excluding hydrogens is 280 g/mol. The van der Waals surface area contributed by atoms with Crippen LogP contribution >= 0.6 is 0 Å². The van der Waals surface area contributed by atoms with Gasteiger partial charge in [-0.05, 0) is 51.8 Å². The molecule has 0 bridgehead atoms. The monoisotopic (exact) mass is 308 g/mol. The number of rotatable bonds is 7. The van der Waals surface area contributed by atoms with Crippen LogP contribution in [0.25, 0.3) is 0 Å². The fraction of sp³-hybridized carbons (Fsp3) is 0.588. The summed E-state index contributed by atoms with van der Waals surface area (Å²) in [6.07, 6.45) is 0.726. The van der Waals surface area contributed by atoms with E-state index in [4.69, 9.17) is 9.47 Å². The lowest BCUT2D eigenvalue weighted by molar-refractivity contribution is 0.00963. The van der Waals surface area contributed by atoms with Gasteiger partial charge in [-0.3, -0.25) is 0 Å². The number of urea groups is 1. The highest BCUT2D eigenvalue weighted by Crippen LogP contribution is 2.20. The maximum Gasteiger partial charge on any atom is 0.319 e. The molecule has 0 aliphatic heterocycles. The Bertz CT molecular complexity index is 489. The topological polar surface area (TPSA) is 59.6 Å². The number of methoxy groups -OCH3 is 2. The third kappa shape index (κ3) is 6.03. The van der Waals surface area contributed by atoms with Crippen LogP contribution in [0, 0.1) is 0 Å². The molecule has 0 aliphatic rings. The molecule has 0 spiro atoms. The number of amides is 2. The molecule has 0 aliphatic carbocycles. The second-order valence-corrected chi connectivity index (χ2v) is 6.17. The molecule has 5 nitrogen and oxygen atoms in total. The van der Waals surface area contributed by atoms with E-state index < -0.39 is 0 Å². The van der Waals surface area contributed by atoms with Crippen molar-refractivity contribution >= 4 is 11.7 Å². The van der Waals surface area contributed by atoms with E-state index in [0.29, 0.717) is 0 Å². The Kier molecular flexibility index (Phi) is 6.84. The summed E-state index contributed by atoms with van der Waals surface area (Å²) in [6, 6.07) is 7.43. The van der Waals surface area contributed by atoms with Gasteiger partial charge in [-0.25, -0.2) is 4.79 Å². The highest BCUT2D eigenvalue weighted by Gasteiger charge is 2.21. The fourth-order valence-corrected chi connectivity index (χ4v) is 2.27. The van der Waals surface area contributed by atoms with Crippen molar-refractivity contribution in [3.63, 3.8) is 0 Å². The molecule has 2 amide bonds. The Balaban J connectivity index is 2.58. The Morgan fingerprint density at radius 2 is 1.95 bits per heavy atom. The summed E-state index contributed by atoms with van der Waals surface area (Å²) in [6.45, 7) is 7.93. The zero-order valence-electron chi connectivity index (χ0n) is 14.4. The van der Waals surface area contributed by atoms with E-state index in [1.165, 1.54) is 0 Å². The van der Waals surface area contributed by atoms with Gasteiger partial charge in [0.1, 0.15) is 0 Å². The minimum atomic E-state index is -0.263. The Morgan fingerprint density at radius 1 is 1.27 bits per heavy atom. The zero-order chi connectivity index (χ0) is 16.8. The molecule has 0 heterocycles. The van der Waals surface area contributed by atoms with Crippen molar-refractivity contribution in [3.05, 3.63) is 29.8 Å². The van der Waals surface area contributed by atoms with Crippen molar-refractivity contribution < 1.29 is 14.3 Å². The first-order valence-electron chi connectivity index (χ1n) is 7.53. The van der Waals surface area contributed by atoms with Crippen LogP contribution in [0.15, 0.2) is 24.3 Å². The van der Waals surface area contributed by atoms with Crippen LogP contribution in [0.1, 0.15) is 45.8 Å². The summed E-state index contributed by atoms with van der Waals surface area (Å²) in [5, 5.41) is 5.77. The van der Waals surface area contributed by atoms with E-state index in [9.17, 15) is 4.79 Å². The minimum Gasteiger partial charge on any atom is -0.379 e. The molecule has 124 valence electrons. The molecule has 1 aromatic rings. The molecule has 0 saturated carbocycles. The minimum absolute atomic E-state index is 0.00811. The van der Waals surface area contributed by atoms with E-state index in [2.05, 4.69) is 10.6 Å². The normalized spacial score (nSPS) is 14.3. The van der Waals surface area contributed by atoms with Gasteiger partial charge >= 0.3 is 6.03 Å². The van der Waals surface area contributed by atoms with E-state index >= 15 is 0 Å². The van der Waals surface area contributed by atoms with Gasteiger partial charge in [0, 0.05) is 25.9 Å². The number of anilines is 1. The maximum absolute atomic E-state index is 12.1. The lowest BCUT2D eigenvalue weighted by atomic mass is 10.00. The molecule has 0 saturated heterocycles. The molecule has 0 unspecified atom stereocenters. The first-order valence-corrected chi connectivity index (χ1v) is 7.53. The van der Waals surface area contributed by atoms with Gasteiger partial charge in [-0.1, -0.05) is 12.1 Å². The number of benzene rings is 1. The summed E-state index contributed by atoms with van der Waals surface area (Å²) in [5.74, 6) is 0. The number of carbonyl (C=O) groups is 1. The molecule has 0 fully saturated rings. The largest absolute Gasteiger partial charge is 0.379 e. The van der Waals surface area contributed by atoms with Crippen LogP contribution in [0.5, 0.6) is 0 Å². The molecule has 1 rings (SSSR count). The van der Waals surface area contributed by atoms with E-state index in [1.807, 2.05) is 52.0 Å². The molecule has 22 heavy (non-hydrogen) atoms. The lowest BCUT2D eigenvalue weighted by Crippen LogP contribution is -2.40. The smallest absolute Gasteiger partial charge is 0.319 e. The van der Waals surface area contributed by atoms with Crippen LogP contribution in [0.3, 0.4) is 0 Å². The number of nitrogens with one attached hydrogen (secondary N) is 2. The van der Waals surface area contributed by atoms with E-state index in [0.717, 1.165) is 17.7 Å². The van der Waals surface area contributed by atoms with Crippen molar-refractivity contribution in [1.82, 2.24) is 5.32 Å². The Labute approximate surface area is 133 Å². The van der Waals surface area contributed by atoms with Crippen LogP contribution in [0.2, 0.25) is 0 Å². The molecule has 1 aromatic carbocycles. The Morgan fingerprint density at radius 3 is 2.55 bits per heavy atom. The quantitative estimate of drug-likeness (QED) is 0.807. The highest BCUT2D eigenvalue weighted by atomic mass is 16.5. The van der Waals surface area contributed by atoms with Crippen molar-refractivity contribution in [2.24, 2.45) is 0 Å². The molecule has 0 aromatic heterocycles. The standard InChI is InChI=1S/C17H28N2O3/c1-12(11-17(3,4)22-6)18-16(20)19-15-9-7-8-14(10-15)13(2)21-5/h7-10,12-13H,11H2,1-6H3,(H2,18,19,20)/t12-,13-/m1/s1. The van der Waals surface area contributed by atoms with Gasteiger partial charge in [0.05, 0.1) is 11.7 Å². The average molecular weight is 308 g/mol. The van der Waals surface area contributed by atoms with E-state index in [1.54, 1.807) is 14.2 Å². The van der Waals surface area contributed by atoms with Gasteiger partial charge in [0.25, 0.3) is 0 Å². The molecule has 2 atom stereocenters. The first kappa shape index (κ1) is 18.5. The van der Waals surface area contributed by atoms with Crippen LogP contribution in [0.4, 0.5) is 10.5 Å². The molecule has 0 radical (unpaired) electrons. The van der Waals surface area contributed by atoms with E-state index in [-0.39, 0.29) is 23.8 Å². The van der Waals surface area contributed by atoms with Gasteiger partial charge in [0.2, 0.25) is 0 Å². The SMILES string of the molecule is CO[C@H](C)c1cccc(NC(=O)N[C@H](C)CC(C)(C)OC)c1. The van der Waals surface area contributed by atoms with Crippen LogP contribution in [-0.2, 0) is 9.47 Å². The summed E-state index contributed by atoms with van der Waals surface area (Å²) >= 11 is 0.